The van der Waals surface area contributed by atoms with Gasteiger partial charge in [-0.05, 0) is 25.0 Å². The van der Waals surface area contributed by atoms with Gasteiger partial charge in [0.25, 0.3) is 0 Å². The molecule has 0 saturated heterocycles. The van der Waals surface area contributed by atoms with E-state index in [1.54, 1.807) is 0 Å². The van der Waals surface area contributed by atoms with Gasteiger partial charge in [0.1, 0.15) is 0 Å². The molecular formula is C15H26F6N2O4S2. The maximum Gasteiger partial charge on any atom is 0.480 e. The summed E-state index contributed by atoms with van der Waals surface area (Å²) in [5.74, 6) is 0. The molecule has 0 amide bonds. The predicted molar refractivity (Wildman–Crippen MR) is 98.6 cm³/mol. The van der Waals surface area contributed by atoms with Crippen molar-refractivity contribution >= 4 is 20.0 Å². The number of unbranched alkanes of at least 4 members (excludes halogenated alkanes) is 3. The molecule has 0 atom stereocenters. The molecule has 0 bridgehead atoms. The Morgan fingerprint density at radius 3 is 1.48 bits per heavy atom. The van der Waals surface area contributed by atoms with E-state index >= 15 is 0 Å². The molecule has 0 N–H and O–H groups in total. The number of halogens is 6. The summed E-state index contributed by atoms with van der Waals surface area (Å²) in [5.41, 5.74) is -12.4. The Bertz CT molecular complexity index is 664. The molecule has 0 aromatic rings. The van der Waals surface area contributed by atoms with Crippen LogP contribution in [0.4, 0.5) is 26.3 Å². The average Bonchev–Trinajstić information content (AvgIpc) is 2.49. The lowest BCUT2D eigenvalue weighted by molar-refractivity contribution is -0.898. The summed E-state index contributed by atoms with van der Waals surface area (Å²) >= 11 is 0. The Morgan fingerprint density at radius 1 is 0.828 bits per heavy atom. The molecule has 0 saturated carbocycles. The third kappa shape index (κ3) is 11.6. The number of hydrogen-bond donors (Lipinski definition) is 0. The fourth-order valence-electron chi connectivity index (χ4n) is 2.01. The van der Waals surface area contributed by atoms with E-state index in [-0.39, 0.29) is 0 Å². The number of likely N-dealkylation sites (N-methyl/N-ethyl adjacent to an activating group) is 1. The minimum Gasteiger partial charge on any atom is -0.421 e. The van der Waals surface area contributed by atoms with E-state index in [1.165, 1.54) is 32.2 Å². The summed E-state index contributed by atoms with van der Waals surface area (Å²) in [4.78, 5) is 0. The maximum atomic E-state index is 11.4. The van der Waals surface area contributed by atoms with Crippen LogP contribution in [0.5, 0.6) is 0 Å². The van der Waals surface area contributed by atoms with Crippen molar-refractivity contribution in [3.8, 4) is 0 Å². The second-order valence-corrected chi connectivity index (χ2v) is 9.68. The van der Waals surface area contributed by atoms with Gasteiger partial charge in [0.05, 0.1) is 26.7 Å². The number of sulfonamides is 2. The van der Waals surface area contributed by atoms with Gasteiger partial charge in [0.2, 0.25) is 0 Å². The number of hydrogen-bond acceptors (Lipinski definition) is 4. The lowest BCUT2D eigenvalue weighted by Crippen LogP contribution is -2.44. The second kappa shape index (κ2) is 11.9. The van der Waals surface area contributed by atoms with Crippen LogP contribution in [0.2, 0.25) is 0 Å². The van der Waals surface area contributed by atoms with Crippen molar-refractivity contribution in [3.63, 3.8) is 0 Å². The first-order valence-corrected chi connectivity index (χ1v) is 11.2. The van der Waals surface area contributed by atoms with Gasteiger partial charge in [-0.15, -0.1) is 0 Å². The van der Waals surface area contributed by atoms with Crippen LogP contribution in [0, 0.1) is 0 Å². The van der Waals surface area contributed by atoms with Crippen LogP contribution in [-0.2, 0) is 20.0 Å². The standard InChI is InChI=1S/C13H26N.C2F6NO4S2/c1-5-8-9-10-13-14(4,11-6-2)12-7-3;3-1(4,5)14(10,11)9-15(12,13)2(6,7)8/h6-7H,2-3,5,8-13H2,1,4H3;/q+1;-1. The lowest BCUT2D eigenvalue weighted by Gasteiger charge is -2.32. The normalized spacial score (nSPS) is 13.4. The third-order valence-corrected chi connectivity index (χ3v) is 6.21. The zero-order valence-corrected chi connectivity index (χ0v) is 17.8. The van der Waals surface area contributed by atoms with Gasteiger partial charge in [0, 0.05) is 0 Å². The molecular weight excluding hydrogens is 450 g/mol. The zero-order chi connectivity index (χ0) is 23.6. The Balaban J connectivity index is 0. The molecule has 0 unspecified atom stereocenters. The highest BCUT2D eigenvalue weighted by Crippen LogP contribution is 2.36. The van der Waals surface area contributed by atoms with E-state index in [2.05, 4.69) is 27.1 Å². The van der Waals surface area contributed by atoms with Gasteiger partial charge < -0.3 is 8.61 Å². The van der Waals surface area contributed by atoms with Gasteiger partial charge in [-0.3, -0.25) is 0 Å². The van der Waals surface area contributed by atoms with E-state index < -0.39 is 31.1 Å². The van der Waals surface area contributed by atoms with Crippen LogP contribution < -0.4 is 0 Å². The largest absolute Gasteiger partial charge is 0.480 e. The average molecular weight is 477 g/mol. The first-order chi connectivity index (χ1) is 12.9. The SMILES string of the molecule is C=CC[N+](C)(CC=C)CCCCCC.O=S(=O)([N-]S(=O)(=O)C(F)(F)F)C(F)(F)F. The van der Waals surface area contributed by atoms with Crippen molar-refractivity contribution in [1.82, 2.24) is 0 Å². The molecule has 0 aliphatic heterocycles. The fourth-order valence-corrected chi connectivity index (χ4v) is 3.72. The molecule has 0 heterocycles. The first-order valence-electron chi connectivity index (χ1n) is 8.31. The van der Waals surface area contributed by atoms with Crippen molar-refractivity contribution < 1.29 is 47.7 Å². The summed E-state index contributed by atoms with van der Waals surface area (Å²) in [5, 5.41) is 0. The Labute approximate surface area is 168 Å². The minimum absolute atomic E-state index is 0.778. The Hall–Kier alpha value is -1.12. The molecule has 14 heteroatoms. The lowest BCUT2D eigenvalue weighted by atomic mass is 10.2. The molecule has 174 valence electrons. The predicted octanol–water partition coefficient (Wildman–Crippen LogP) is 4.44. The van der Waals surface area contributed by atoms with Crippen LogP contribution >= 0.6 is 0 Å². The maximum absolute atomic E-state index is 11.4. The van der Waals surface area contributed by atoms with Crippen LogP contribution in [0.25, 0.3) is 4.13 Å². The van der Waals surface area contributed by atoms with Crippen LogP contribution in [0.1, 0.15) is 32.6 Å². The third-order valence-electron chi connectivity index (χ3n) is 3.47. The first kappa shape index (κ1) is 30.1. The topological polar surface area (TPSA) is 82.4 Å². The number of alkyl halides is 6. The number of nitrogens with zero attached hydrogens (tertiary/aromatic N) is 2. The van der Waals surface area contributed by atoms with Crippen molar-refractivity contribution in [1.29, 1.82) is 0 Å². The monoisotopic (exact) mass is 476 g/mol. The zero-order valence-electron chi connectivity index (χ0n) is 16.1. The van der Waals surface area contributed by atoms with Crippen molar-refractivity contribution in [2.24, 2.45) is 0 Å². The van der Waals surface area contributed by atoms with Gasteiger partial charge >= 0.3 is 11.0 Å². The molecule has 0 aromatic heterocycles. The molecule has 0 aliphatic carbocycles. The Kier molecular flexibility index (Phi) is 12.4. The molecule has 0 radical (unpaired) electrons. The summed E-state index contributed by atoms with van der Waals surface area (Å²) in [7, 11) is -11.2. The fraction of sp³-hybridized carbons (Fsp3) is 0.733. The quantitative estimate of drug-likeness (QED) is 0.191. The summed E-state index contributed by atoms with van der Waals surface area (Å²) in [6.45, 7) is 13.3. The smallest absolute Gasteiger partial charge is 0.421 e. The Morgan fingerprint density at radius 2 is 1.21 bits per heavy atom. The van der Waals surface area contributed by atoms with Crippen molar-refractivity contribution in [2.45, 2.75) is 43.6 Å². The molecule has 0 spiro atoms. The number of quaternary nitrogens is 1. The highest BCUT2D eigenvalue weighted by Gasteiger charge is 2.46. The number of rotatable bonds is 11. The van der Waals surface area contributed by atoms with Crippen LogP contribution in [0.3, 0.4) is 0 Å². The molecule has 0 aromatic carbocycles. The molecule has 0 rings (SSSR count). The van der Waals surface area contributed by atoms with E-state index in [0.717, 1.165) is 21.7 Å². The van der Waals surface area contributed by atoms with E-state index in [0.29, 0.717) is 0 Å². The molecule has 29 heavy (non-hydrogen) atoms. The van der Waals surface area contributed by atoms with Crippen molar-refractivity contribution in [2.75, 3.05) is 26.7 Å². The van der Waals surface area contributed by atoms with Gasteiger partial charge in [-0.1, -0.05) is 32.9 Å². The molecule has 6 nitrogen and oxygen atoms in total. The van der Waals surface area contributed by atoms with E-state index in [4.69, 9.17) is 0 Å². The van der Waals surface area contributed by atoms with Crippen molar-refractivity contribution in [3.05, 3.63) is 29.4 Å². The van der Waals surface area contributed by atoms with E-state index in [9.17, 15) is 43.2 Å². The molecule has 0 aliphatic rings. The van der Waals surface area contributed by atoms with Gasteiger partial charge in [0.15, 0.2) is 20.0 Å². The summed E-state index contributed by atoms with van der Waals surface area (Å²) in [6, 6.07) is 0. The van der Waals surface area contributed by atoms with Crippen LogP contribution in [-0.4, -0.2) is 59.0 Å². The second-order valence-electron chi connectivity index (χ2n) is 6.26. The van der Waals surface area contributed by atoms with Gasteiger partial charge in [-0.25, -0.2) is 16.8 Å². The molecule has 0 fully saturated rings. The summed E-state index contributed by atoms with van der Waals surface area (Å²) in [6.07, 6.45) is 9.39. The summed E-state index contributed by atoms with van der Waals surface area (Å²) < 4.78 is 110. The minimum atomic E-state index is -6.72. The highest BCUT2D eigenvalue weighted by atomic mass is 32.3. The van der Waals surface area contributed by atoms with Gasteiger partial charge in [-0.2, -0.15) is 26.3 Å². The highest BCUT2D eigenvalue weighted by molar-refractivity contribution is 8.13. The van der Waals surface area contributed by atoms with E-state index in [1.807, 2.05) is 12.2 Å². The van der Waals surface area contributed by atoms with Crippen LogP contribution in [0.15, 0.2) is 25.3 Å².